The van der Waals surface area contributed by atoms with Crippen LogP contribution in [0.5, 0.6) is 0 Å². The van der Waals surface area contributed by atoms with E-state index in [1.807, 2.05) is 23.5 Å². The monoisotopic (exact) mass is 822 g/mol. The summed E-state index contributed by atoms with van der Waals surface area (Å²) >= 11 is 3.73. The van der Waals surface area contributed by atoms with Gasteiger partial charge in [0.2, 0.25) is 0 Å². The van der Waals surface area contributed by atoms with Gasteiger partial charge >= 0.3 is 0 Å². The molecule has 2 heterocycles. The molecule has 8 aromatic carbocycles. The molecule has 1 unspecified atom stereocenters. The maximum Gasteiger partial charge on any atom is 0.0601 e. The van der Waals surface area contributed by atoms with Crippen LogP contribution in [-0.4, -0.2) is 0 Å². The van der Waals surface area contributed by atoms with Crippen molar-refractivity contribution in [3.8, 4) is 22.3 Å². The number of para-hydroxylation sites is 3. The smallest absolute Gasteiger partial charge is 0.0601 e. The predicted octanol–water partition coefficient (Wildman–Crippen LogP) is 16.7. The zero-order valence-corrected chi connectivity index (χ0v) is 36.1. The highest BCUT2D eigenvalue weighted by Gasteiger charge is 2.39. The number of benzene rings is 8. The van der Waals surface area contributed by atoms with Crippen LogP contribution < -0.4 is 9.80 Å². The molecule has 0 fully saturated rings. The number of hydrogen-bond donors (Lipinski definition) is 0. The summed E-state index contributed by atoms with van der Waals surface area (Å²) in [4.78, 5) is 10.1. The van der Waals surface area contributed by atoms with Crippen LogP contribution in [-0.2, 0) is 12.0 Å². The van der Waals surface area contributed by atoms with E-state index in [4.69, 9.17) is 0 Å². The van der Waals surface area contributed by atoms with Crippen molar-refractivity contribution in [1.29, 1.82) is 0 Å². The van der Waals surface area contributed by atoms with Gasteiger partial charge in [-0.15, -0.1) is 0 Å². The van der Waals surface area contributed by atoms with E-state index in [2.05, 4.69) is 218 Å². The van der Waals surface area contributed by atoms with Gasteiger partial charge < -0.3 is 9.80 Å². The summed E-state index contributed by atoms with van der Waals surface area (Å²) in [5, 5.41) is 0. The van der Waals surface area contributed by atoms with Crippen LogP contribution in [0.1, 0.15) is 60.9 Å². The van der Waals surface area contributed by atoms with E-state index in [-0.39, 0.29) is 5.41 Å². The Hall–Kier alpha value is -6.20. The summed E-state index contributed by atoms with van der Waals surface area (Å²) in [6.07, 6.45) is 8.02. The first-order chi connectivity index (χ1) is 30.0. The maximum absolute atomic E-state index is 2.53. The van der Waals surface area contributed by atoms with Gasteiger partial charge in [-0.2, -0.15) is 0 Å². The Kier molecular flexibility index (Phi) is 9.71. The van der Waals surface area contributed by atoms with Gasteiger partial charge in [0, 0.05) is 42.9 Å². The molecule has 1 atom stereocenters. The van der Waals surface area contributed by atoms with Gasteiger partial charge in [-0.3, -0.25) is 0 Å². The Morgan fingerprint density at radius 3 is 1.70 bits per heavy atom. The lowest BCUT2D eigenvalue weighted by Gasteiger charge is -2.32. The fourth-order valence-corrected chi connectivity index (χ4v) is 11.7. The highest BCUT2D eigenvalue weighted by atomic mass is 32.2. The molecule has 4 heteroatoms. The zero-order chi connectivity index (χ0) is 40.9. The molecule has 0 N–H and O–H groups in total. The average Bonchev–Trinajstić information content (AvgIpc) is 3.43. The molecular weight excluding hydrogens is 777 g/mol. The first-order valence-electron chi connectivity index (χ1n) is 21.5. The number of nitrogens with zero attached hydrogens (tertiary/aromatic N) is 2. The molecule has 0 aromatic heterocycles. The Balaban J connectivity index is 0.854. The van der Waals surface area contributed by atoms with Gasteiger partial charge in [0.25, 0.3) is 0 Å². The molecule has 0 spiro atoms. The summed E-state index contributed by atoms with van der Waals surface area (Å²) in [7, 11) is 0. The molecule has 3 aliphatic rings. The lowest BCUT2D eigenvalue weighted by Crippen LogP contribution is -2.22. The van der Waals surface area contributed by atoms with Crippen LogP contribution in [0, 0.1) is 0 Å². The molecule has 11 rings (SSSR count). The first-order valence-corrected chi connectivity index (χ1v) is 23.1. The van der Waals surface area contributed by atoms with E-state index in [0.717, 1.165) is 13.0 Å². The minimum Gasteiger partial charge on any atom is -0.336 e. The van der Waals surface area contributed by atoms with Crippen LogP contribution in [0.4, 0.5) is 28.4 Å². The molecule has 0 saturated carbocycles. The van der Waals surface area contributed by atoms with Gasteiger partial charge in [0.05, 0.1) is 17.1 Å². The van der Waals surface area contributed by atoms with Gasteiger partial charge in [0.15, 0.2) is 0 Å². The molecule has 296 valence electrons. The van der Waals surface area contributed by atoms with E-state index in [1.165, 1.54) is 111 Å². The Morgan fingerprint density at radius 2 is 1.02 bits per heavy atom. The molecule has 0 bridgehead atoms. The molecule has 8 aromatic rings. The summed E-state index contributed by atoms with van der Waals surface area (Å²) in [5.74, 6) is 0. The van der Waals surface area contributed by atoms with E-state index in [9.17, 15) is 0 Å². The van der Waals surface area contributed by atoms with E-state index in [1.54, 1.807) is 0 Å². The van der Waals surface area contributed by atoms with Gasteiger partial charge in [0.1, 0.15) is 0 Å². The number of unbranched alkanes of at least 4 members (excludes halogenated alkanes) is 1. The van der Waals surface area contributed by atoms with Crippen molar-refractivity contribution in [3.63, 3.8) is 0 Å². The normalized spacial score (nSPS) is 16.0. The number of hydrogen-bond acceptors (Lipinski definition) is 4. The molecule has 61 heavy (non-hydrogen) atoms. The molecular formula is C57H46N2S2. The van der Waals surface area contributed by atoms with E-state index >= 15 is 0 Å². The second-order valence-corrected chi connectivity index (χ2v) is 18.8. The largest absolute Gasteiger partial charge is 0.336 e. The molecule has 0 radical (unpaired) electrons. The van der Waals surface area contributed by atoms with E-state index < -0.39 is 0 Å². The Labute approximate surface area is 368 Å². The average molecular weight is 823 g/mol. The van der Waals surface area contributed by atoms with Crippen molar-refractivity contribution in [3.05, 3.63) is 210 Å². The molecule has 2 aliphatic heterocycles. The van der Waals surface area contributed by atoms with Crippen molar-refractivity contribution in [2.24, 2.45) is 0 Å². The highest BCUT2D eigenvalue weighted by Crippen LogP contribution is 2.54. The fourth-order valence-electron chi connectivity index (χ4n) is 9.56. The topological polar surface area (TPSA) is 6.48 Å². The minimum atomic E-state index is -0.0739. The van der Waals surface area contributed by atoms with Crippen LogP contribution in [0.25, 0.3) is 34.4 Å². The summed E-state index contributed by atoms with van der Waals surface area (Å²) in [6.45, 7) is 5.65. The van der Waals surface area contributed by atoms with Crippen LogP contribution >= 0.6 is 23.5 Å². The van der Waals surface area contributed by atoms with Crippen molar-refractivity contribution in [2.45, 2.75) is 64.7 Å². The third-order valence-electron chi connectivity index (χ3n) is 12.8. The summed E-state index contributed by atoms with van der Waals surface area (Å²) < 4.78 is 0. The number of rotatable bonds is 8. The second kappa shape index (κ2) is 15.7. The molecule has 0 amide bonds. The predicted molar refractivity (Wildman–Crippen MR) is 260 cm³/mol. The summed E-state index contributed by atoms with van der Waals surface area (Å²) in [6, 6.07) is 67.5. The van der Waals surface area contributed by atoms with E-state index in [0.29, 0.717) is 0 Å². The number of fused-ring (bicyclic) bond motifs is 7. The van der Waals surface area contributed by atoms with Crippen molar-refractivity contribution in [2.75, 3.05) is 9.80 Å². The Bertz CT molecular complexity index is 2920. The van der Waals surface area contributed by atoms with Crippen LogP contribution in [0.2, 0.25) is 0 Å². The van der Waals surface area contributed by atoms with Crippen LogP contribution in [0.15, 0.2) is 202 Å². The lowest BCUT2D eigenvalue weighted by molar-refractivity contribution is 0.504. The lowest BCUT2D eigenvalue weighted by atomic mass is 9.75. The first kappa shape index (κ1) is 37.8. The zero-order valence-electron chi connectivity index (χ0n) is 34.5. The second-order valence-electron chi connectivity index (χ2n) is 16.6. The Morgan fingerprint density at radius 1 is 0.508 bits per heavy atom. The van der Waals surface area contributed by atoms with Gasteiger partial charge in [-0.05, 0) is 123 Å². The minimum absolute atomic E-state index is 0.0739. The van der Waals surface area contributed by atoms with Crippen LogP contribution in [0.3, 0.4) is 0 Å². The van der Waals surface area contributed by atoms with Crippen molar-refractivity contribution >= 4 is 64.1 Å². The van der Waals surface area contributed by atoms with Crippen molar-refractivity contribution in [1.82, 2.24) is 0 Å². The standard InChI is InChI=1S/C57H46N2S2/c1-3-4-35-57(2)48-36-40(25-33-46(48)47-34-32-45(37-49(47)57)58-38-43-13-5-9-17-53(43)60-54-18-10-6-14-50(54)58)22-21-39-23-26-41(27-24-39)42-28-30-44(31-29-42)59-51-15-7-11-19-55(51)61-56-20-12-8-16-52(56)59/h5-34,36-37H,3-4,35,38H2,1-2H3/b22-21+. The molecule has 2 nitrogen and oxygen atoms in total. The van der Waals surface area contributed by atoms with Gasteiger partial charge in [-0.1, -0.05) is 178 Å². The third-order valence-corrected chi connectivity index (χ3v) is 15.1. The third kappa shape index (κ3) is 6.79. The molecule has 1 aliphatic carbocycles. The van der Waals surface area contributed by atoms with Gasteiger partial charge in [-0.25, -0.2) is 0 Å². The maximum atomic E-state index is 2.53. The summed E-state index contributed by atoms with van der Waals surface area (Å²) in [5.41, 5.74) is 17.9. The fraction of sp³-hybridized carbons (Fsp3) is 0.123. The quantitative estimate of drug-likeness (QED) is 0.141. The van der Waals surface area contributed by atoms with Crippen molar-refractivity contribution < 1.29 is 0 Å². The highest BCUT2D eigenvalue weighted by molar-refractivity contribution is 8.00. The molecule has 0 saturated heterocycles. The number of anilines is 5. The SMILES string of the molecule is CCCCC1(C)c2cc(/C=C/c3ccc(-c4ccc(N5c6ccccc6Sc6ccccc65)cc4)cc3)ccc2-c2ccc(N3Cc4ccccc4Sc4ccccc43)cc21.